The van der Waals surface area contributed by atoms with Crippen molar-refractivity contribution in [1.82, 2.24) is 5.32 Å². The van der Waals surface area contributed by atoms with Crippen molar-refractivity contribution in [3.05, 3.63) is 53.1 Å². The quantitative estimate of drug-likeness (QED) is 0.776. The van der Waals surface area contributed by atoms with Gasteiger partial charge in [0, 0.05) is 24.2 Å². The lowest BCUT2D eigenvalue weighted by Crippen LogP contribution is -2.37. The molecule has 0 aliphatic carbocycles. The van der Waals surface area contributed by atoms with Crippen LogP contribution in [-0.2, 0) is 4.79 Å². The zero-order valence-corrected chi connectivity index (χ0v) is 17.5. The third-order valence-electron chi connectivity index (χ3n) is 5.07. The lowest BCUT2D eigenvalue weighted by molar-refractivity contribution is -0.117. The van der Waals surface area contributed by atoms with Crippen molar-refractivity contribution in [2.75, 3.05) is 24.7 Å². The van der Waals surface area contributed by atoms with E-state index in [2.05, 4.69) is 5.32 Å². The molecule has 154 valence electrons. The van der Waals surface area contributed by atoms with Gasteiger partial charge >= 0.3 is 0 Å². The number of benzene rings is 2. The molecule has 1 heterocycles. The van der Waals surface area contributed by atoms with Gasteiger partial charge in [0.15, 0.2) is 11.5 Å². The number of ether oxygens (including phenoxy) is 2. The summed E-state index contributed by atoms with van der Waals surface area (Å²) < 4.78 is 11.1. The van der Waals surface area contributed by atoms with Crippen molar-refractivity contribution in [2.45, 2.75) is 40.2 Å². The normalized spacial score (nSPS) is 16.1. The molecular formula is C23H28N2O4. The first-order valence-electron chi connectivity index (χ1n) is 10.0. The number of carbonyl (C=O) groups excluding carboxylic acids is 2. The second-order valence-electron chi connectivity index (χ2n) is 7.17. The summed E-state index contributed by atoms with van der Waals surface area (Å²) in [6.45, 7) is 9.31. The molecule has 1 N–H and O–H groups in total. The number of hydrogen-bond donors (Lipinski definition) is 1. The van der Waals surface area contributed by atoms with Crippen LogP contribution in [0.1, 0.15) is 41.8 Å². The summed E-state index contributed by atoms with van der Waals surface area (Å²) in [5.41, 5.74) is 3.68. The predicted octanol–water partition coefficient (Wildman–Crippen LogP) is 3.64. The molecule has 0 saturated carbocycles. The molecule has 0 spiro atoms. The van der Waals surface area contributed by atoms with E-state index < -0.39 is 0 Å². The van der Waals surface area contributed by atoms with Crippen LogP contribution in [0.15, 0.2) is 36.4 Å². The van der Waals surface area contributed by atoms with Gasteiger partial charge in [0.05, 0.1) is 19.3 Å². The lowest BCUT2D eigenvalue weighted by Gasteiger charge is -2.18. The average molecular weight is 396 g/mol. The predicted molar refractivity (Wildman–Crippen MR) is 113 cm³/mol. The van der Waals surface area contributed by atoms with E-state index in [0.29, 0.717) is 36.8 Å². The Bertz CT molecular complexity index is 910. The van der Waals surface area contributed by atoms with Gasteiger partial charge < -0.3 is 19.7 Å². The summed E-state index contributed by atoms with van der Waals surface area (Å²) >= 11 is 0. The van der Waals surface area contributed by atoms with E-state index in [1.165, 1.54) is 5.56 Å². The Labute approximate surface area is 171 Å². The number of hydrogen-bond acceptors (Lipinski definition) is 4. The molecule has 6 heteroatoms. The van der Waals surface area contributed by atoms with Crippen LogP contribution in [0.4, 0.5) is 5.69 Å². The highest BCUT2D eigenvalue weighted by Gasteiger charge is 2.32. The number of carbonyl (C=O) groups is 2. The van der Waals surface area contributed by atoms with Crippen molar-refractivity contribution >= 4 is 17.5 Å². The second kappa shape index (κ2) is 8.99. The van der Waals surface area contributed by atoms with Crippen LogP contribution >= 0.6 is 0 Å². The number of rotatable bonds is 7. The van der Waals surface area contributed by atoms with Crippen LogP contribution in [-0.4, -0.2) is 37.6 Å². The summed E-state index contributed by atoms with van der Waals surface area (Å²) in [6, 6.07) is 10.9. The van der Waals surface area contributed by atoms with Gasteiger partial charge in [0.2, 0.25) is 5.91 Å². The minimum absolute atomic E-state index is 0.0141. The average Bonchev–Trinajstić information content (AvgIpc) is 3.05. The lowest BCUT2D eigenvalue weighted by atomic mass is 10.1. The van der Waals surface area contributed by atoms with Gasteiger partial charge in [-0.2, -0.15) is 0 Å². The van der Waals surface area contributed by atoms with E-state index in [0.717, 1.165) is 11.3 Å². The third-order valence-corrected chi connectivity index (χ3v) is 5.07. The fraction of sp³-hybridized carbons (Fsp3) is 0.391. The first-order valence-corrected chi connectivity index (χ1v) is 10.0. The molecule has 0 radical (unpaired) electrons. The standard InChI is InChI=1S/C23H28N2O4/c1-5-28-20-10-8-17(12-21(20)29-6-2)23(27)24-18-13-22(26)25(14-18)19-9-7-15(3)16(4)11-19/h7-12,18H,5-6,13-14H2,1-4H3,(H,24,27). The van der Waals surface area contributed by atoms with Gasteiger partial charge in [-0.15, -0.1) is 0 Å². The van der Waals surface area contributed by atoms with E-state index in [1.807, 2.05) is 45.9 Å². The fourth-order valence-electron chi connectivity index (χ4n) is 3.41. The van der Waals surface area contributed by atoms with E-state index in [4.69, 9.17) is 9.47 Å². The van der Waals surface area contributed by atoms with E-state index in [9.17, 15) is 9.59 Å². The molecule has 29 heavy (non-hydrogen) atoms. The fourth-order valence-corrected chi connectivity index (χ4v) is 3.41. The summed E-state index contributed by atoms with van der Waals surface area (Å²) in [5.74, 6) is 0.943. The van der Waals surface area contributed by atoms with Gasteiger partial charge in [-0.3, -0.25) is 9.59 Å². The minimum Gasteiger partial charge on any atom is -0.490 e. The minimum atomic E-state index is -0.237. The molecule has 1 aliphatic heterocycles. The molecule has 2 aromatic rings. The Morgan fingerprint density at radius 1 is 1.03 bits per heavy atom. The first-order chi connectivity index (χ1) is 13.9. The first kappa shape index (κ1) is 20.7. The van der Waals surface area contributed by atoms with Gasteiger partial charge in [-0.25, -0.2) is 0 Å². The zero-order chi connectivity index (χ0) is 21.0. The molecule has 1 atom stereocenters. The van der Waals surface area contributed by atoms with Gasteiger partial charge in [0.25, 0.3) is 5.91 Å². The van der Waals surface area contributed by atoms with Gasteiger partial charge in [-0.1, -0.05) is 6.07 Å². The maximum atomic E-state index is 12.7. The molecule has 1 unspecified atom stereocenters. The molecule has 3 rings (SSSR count). The second-order valence-corrected chi connectivity index (χ2v) is 7.17. The van der Waals surface area contributed by atoms with Crippen LogP contribution in [0.3, 0.4) is 0 Å². The third kappa shape index (κ3) is 4.70. The molecular weight excluding hydrogens is 368 g/mol. The maximum absolute atomic E-state index is 12.7. The highest BCUT2D eigenvalue weighted by molar-refractivity contribution is 5.99. The molecule has 2 amide bonds. The Hall–Kier alpha value is -3.02. The maximum Gasteiger partial charge on any atom is 0.251 e. The van der Waals surface area contributed by atoms with Gasteiger partial charge in [-0.05, 0) is 69.2 Å². The van der Waals surface area contributed by atoms with E-state index >= 15 is 0 Å². The van der Waals surface area contributed by atoms with Gasteiger partial charge in [0.1, 0.15) is 0 Å². The molecule has 1 fully saturated rings. The highest BCUT2D eigenvalue weighted by atomic mass is 16.5. The van der Waals surface area contributed by atoms with Crippen LogP contribution in [0.25, 0.3) is 0 Å². The van der Waals surface area contributed by atoms with Crippen LogP contribution < -0.4 is 19.7 Å². The summed E-state index contributed by atoms with van der Waals surface area (Å²) in [6.07, 6.45) is 0.286. The topological polar surface area (TPSA) is 67.9 Å². The largest absolute Gasteiger partial charge is 0.490 e. The summed E-state index contributed by atoms with van der Waals surface area (Å²) in [7, 11) is 0. The Kier molecular flexibility index (Phi) is 6.42. The SMILES string of the molecule is CCOc1ccc(C(=O)NC2CC(=O)N(c3ccc(C)c(C)c3)C2)cc1OCC. The number of anilines is 1. The van der Waals surface area contributed by atoms with Crippen LogP contribution in [0, 0.1) is 13.8 Å². The molecule has 6 nitrogen and oxygen atoms in total. The summed E-state index contributed by atoms with van der Waals surface area (Å²) in [5, 5.41) is 2.97. The smallest absolute Gasteiger partial charge is 0.251 e. The Morgan fingerprint density at radius 3 is 2.45 bits per heavy atom. The van der Waals surface area contributed by atoms with Crippen molar-refractivity contribution in [1.29, 1.82) is 0 Å². The number of amides is 2. The summed E-state index contributed by atoms with van der Waals surface area (Å²) in [4.78, 5) is 27.0. The molecule has 0 aromatic heterocycles. The highest BCUT2D eigenvalue weighted by Crippen LogP contribution is 2.29. The van der Waals surface area contributed by atoms with Crippen molar-refractivity contribution in [2.24, 2.45) is 0 Å². The monoisotopic (exact) mass is 396 g/mol. The molecule has 1 saturated heterocycles. The van der Waals surface area contributed by atoms with E-state index in [1.54, 1.807) is 23.1 Å². The number of aryl methyl sites for hydroxylation is 2. The van der Waals surface area contributed by atoms with E-state index in [-0.39, 0.29) is 24.3 Å². The number of nitrogens with zero attached hydrogens (tertiary/aromatic N) is 1. The Morgan fingerprint density at radius 2 is 1.76 bits per heavy atom. The molecule has 2 aromatic carbocycles. The van der Waals surface area contributed by atoms with Crippen LogP contribution in [0.2, 0.25) is 0 Å². The molecule has 0 bridgehead atoms. The van der Waals surface area contributed by atoms with Crippen molar-refractivity contribution in [3.63, 3.8) is 0 Å². The molecule has 1 aliphatic rings. The number of nitrogens with one attached hydrogen (secondary N) is 1. The van der Waals surface area contributed by atoms with Crippen molar-refractivity contribution < 1.29 is 19.1 Å². The van der Waals surface area contributed by atoms with Crippen molar-refractivity contribution in [3.8, 4) is 11.5 Å². The zero-order valence-electron chi connectivity index (χ0n) is 17.5. The Balaban J connectivity index is 1.70. The van der Waals surface area contributed by atoms with Crippen LogP contribution in [0.5, 0.6) is 11.5 Å².